The van der Waals surface area contributed by atoms with Gasteiger partial charge in [-0.15, -0.1) is 0 Å². The molecule has 0 unspecified atom stereocenters. The van der Waals surface area contributed by atoms with E-state index in [0.717, 1.165) is 53.2 Å². The molecule has 0 N–H and O–H groups in total. The maximum atomic E-state index is 13.5. The van der Waals surface area contributed by atoms with Gasteiger partial charge in [-0.05, 0) is 71.2 Å². The molecule has 2 aliphatic heterocycles. The Bertz CT molecular complexity index is 1400. The van der Waals surface area contributed by atoms with Crippen molar-refractivity contribution in [3.8, 4) is 11.1 Å². The molecule has 41 heavy (non-hydrogen) atoms. The highest BCUT2D eigenvalue weighted by atomic mass is 19.4. The molecule has 2 aliphatic rings. The van der Waals surface area contributed by atoms with E-state index in [9.17, 15) is 18.0 Å². The third-order valence-corrected chi connectivity index (χ3v) is 8.00. The molecule has 1 aromatic carbocycles. The van der Waals surface area contributed by atoms with Crippen LogP contribution in [-0.4, -0.2) is 53.0 Å². The van der Waals surface area contributed by atoms with Crippen molar-refractivity contribution in [3.05, 3.63) is 64.2 Å². The van der Waals surface area contributed by atoms with E-state index in [1.54, 1.807) is 31.0 Å². The van der Waals surface area contributed by atoms with Crippen molar-refractivity contribution in [1.82, 2.24) is 15.0 Å². The van der Waals surface area contributed by atoms with E-state index in [1.165, 1.54) is 0 Å². The van der Waals surface area contributed by atoms with Crippen LogP contribution in [0.15, 0.2) is 35.0 Å². The second-order valence-corrected chi connectivity index (χ2v) is 10.8. The fourth-order valence-corrected chi connectivity index (χ4v) is 5.97. The van der Waals surface area contributed by atoms with E-state index < -0.39 is 30.0 Å². The summed E-state index contributed by atoms with van der Waals surface area (Å²) in [5.41, 5.74) is 3.20. The zero-order valence-electron chi connectivity index (χ0n) is 23.9. The number of hydrogen-bond donors (Lipinski definition) is 0. The molecule has 2 atom stereocenters. The summed E-state index contributed by atoms with van der Waals surface area (Å²) in [6.07, 6.45) is -2.41. The quantitative estimate of drug-likeness (QED) is 0.309. The second-order valence-electron chi connectivity index (χ2n) is 10.8. The van der Waals surface area contributed by atoms with Crippen LogP contribution in [0.2, 0.25) is 0 Å². The molecular weight excluding hydrogens is 537 g/mol. The highest BCUT2D eigenvalue weighted by Crippen LogP contribution is 2.39. The number of rotatable bonds is 7. The van der Waals surface area contributed by atoms with Gasteiger partial charge < -0.3 is 18.9 Å². The molecule has 0 spiro atoms. The average molecular weight is 573 g/mol. The molecule has 1 amide bonds. The monoisotopic (exact) mass is 572 g/mol. The first-order chi connectivity index (χ1) is 19.5. The molecule has 4 heterocycles. The van der Waals surface area contributed by atoms with Gasteiger partial charge in [-0.25, -0.2) is 9.78 Å². The molecule has 0 radical (unpaired) electrons. The Morgan fingerprint density at radius 2 is 1.83 bits per heavy atom. The van der Waals surface area contributed by atoms with Crippen LogP contribution < -0.4 is 4.90 Å². The molecule has 2 fully saturated rings. The highest BCUT2D eigenvalue weighted by Gasteiger charge is 2.42. The minimum absolute atomic E-state index is 0.174. The highest BCUT2D eigenvalue weighted by molar-refractivity contribution is 5.73. The largest absolute Gasteiger partial charge is 0.439 e. The number of halogens is 3. The fraction of sp³-hybridized carbons (Fsp3) is 0.500. The normalized spacial score (nSPS) is 20.0. The number of alkyl halides is 3. The number of anilines is 1. The number of carbonyl (C=O) groups is 1. The Hall–Kier alpha value is -3.60. The van der Waals surface area contributed by atoms with Gasteiger partial charge >= 0.3 is 12.3 Å². The fourth-order valence-electron chi connectivity index (χ4n) is 5.97. The van der Waals surface area contributed by atoms with E-state index in [4.69, 9.17) is 19.0 Å². The maximum Gasteiger partial charge on any atom is 0.416 e. The van der Waals surface area contributed by atoms with Gasteiger partial charge in [0.05, 0.1) is 23.8 Å². The molecule has 5 rings (SSSR count). The smallest absolute Gasteiger partial charge is 0.416 e. The summed E-state index contributed by atoms with van der Waals surface area (Å²) in [4.78, 5) is 21.9. The zero-order chi connectivity index (χ0) is 29.5. The number of aromatic nitrogens is 2. The van der Waals surface area contributed by atoms with Gasteiger partial charge in [0.2, 0.25) is 0 Å². The Morgan fingerprint density at radius 3 is 2.46 bits per heavy atom. The summed E-state index contributed by atoms with van der Waals surface area (Å²) >= 11 is 0. The van der Waals surface area contributed by atoms with Crippen molar-refractivity contribution in [3.63, 3.8) is 0 Å². The number of amides is 1. The van der Waals surface area contributed by atoms with E-state index in [1.807, 2.05) is 19.9 Å². The Labute approximate surface area is 237 Å². The lowest BCUT2D eigenvalue weighted by atomic mass is 9.97. The number of nitrogens with zero attached hydrogens (tertiary/aromatic N) is 4. The number of ether oxygens (including phenoxy) is 2. The van der Waals surface area contributed by atoms with Crippen LogP contribution in [0.25, 0.3) is 11.1 Å². The van der Waals surface area contributed by atoms with Crippen LogP contribution >= 0.6 is 0 Å². The van der Waals surface area contributed by atoms with E-state index in [2.05, 4.69) is 17.0 Å². The van der Waals surface area contributed by atoms with Gasteiger partial charge in [0.1, 0.15) is 17.7 Å². The van der Waals surface area contributed by atoms with Crippen molar-refractivity contribution < 1.29 is 32.0 Å². The topological polar surface area (TPSA) is 80.9 Å². The summed E-state index contributed by atoms with van der Waals surface area (Å²) in [6, 6.07) is 5.52. The number of hydrogen-bond acceptors (Lipinski definition) is 7. The van der Waals surface area contributed by atoms with E-state index in [-0.39, 0.29) is 12.6 Å². The van der Waals surface area contributed by atoms with Crippen LogP contribution in [0, 0.1) is 20.8 Å². The van der Waals surface area contributed by atoms with Crippen molar-refractivity contribution in [1.29, 1.82) is 0 Å². The van der Waals surface area contributed by atoms with Crippen molar-refractivity contribution in [2.45, 2.75) is 78.4 Å². The second kappa shape index (κ2) is 11.3. The number of pyridine rings is 1. The molecule has 220 valence electrons. The number of aryl methyl sites for hydroxylation is 3. The lowest BCUT2D eigenvalue weighted by Gasteiger charge is -2.36. The lowest BCUT2D eigenvalue weighted by molar-refractivity contribution is -0.137. The molecule has 2 aromatic heterocycles. The summed E-state index contributed by atoms with van der Waals surface area (Å²) in [5.74, 6) is 1.42. The van der Waals surface area contributed by atoms with Gasteiger partial charge in [-0.3, -0.25) is 4.90 Å². The predicted molar refractivity (Wildman–Crippen MR) is 146 cm³/mol. The Morgan fingerprint density at radius 1 is 1.10 bits per heavy atom. The molecule has 2 saturated heterocycles. The van der Waals surface area contributed by atoms with Crippen molar-refractivity contribution >= 4 is 11.9 Å². The lowest BCUT2D eigenvalue weighted by Crippen LogP contribution is -2.41. The number of benzene rings is 1. The van der Waals surface area contributed by atoms with Crippen LogP contribution in [0.1, 0.15) is 66.5 Å². The standard InChI is InChI=1S/C30H35F3N4O4/c1-6-36(25-7-9-39-10-8-25)28-23(13-22(15-34-28)26-18(3)35-41-20(26)5)16-37-19(4)27(40-29(37)38)21-11-17(2)12-24(14-21)30(31,32)33/h11-15,19,25,27H,6-10,16H2,1-5H3/t19-,27-/m0/s1. The number of carbonyl (C=O) groups excluding carboxylic acids is 1. The molecule has 0 bridgehead atoms. The third kappa shape index (κ3) is 5.77. The van der Waals surface area contributed by atoms with Crippen molar-refractivity contribution in [2.75, 3.05) is 24.7 Å². The number of cyclic esters (lactones) is 1. The maximum absolute atomic E-state index is 13.5. The summed E-state index contributed by atoms with van der Waals surface area (Å²) in [6.45, 7) is 11.4. The van der Waals surface area contributed by atoms with Crippen LogP contribution in [0.4, 0.5) is 23.8 Å². The third-order valence-electron chi connectivity index (χ3n) is 8.00. The van der Waals surface area contributed by atoms with E-state index in [0.29, 0.717) is 36.6 Å². The molecule has 11 heteroatoms. The summed E-state index contributed by atoms with van der Waals surface area (Å²) in [5, 5.41) is 4.08. The molecule has 8 nitrogen and oxygen atoms in total. The summed E-state index contributed by atoms with van der Waals surface area (Å²) < 4.78 is 57.3. The SMILES string of the molecule is CCN(c1ncc(-c2c(C)noc2C)cc1CN1C(=O)O[C@H](c2cc(C)cc(C(F)(F)F)c2)[C@@H]1C)C1CCOCC1. The Balaban J connectivity index is 1.52. The van der Waals surface area contributed by atoms with Crippen LogP contribution in [-0.2, 0) is 22.2 Å². The first-order valence-corrected chi connectivity index (χ1v) is 13.9. The first-order valence-electron chi connectivity index (χ1n) is 13.9. The zero-order valence-corrected chi connectivity index (χ0v) is 23.9. The molecule has 3 aromatic rings. The molecule has 0 aliphatic carbocycles. The molecule has 0 saturated carbocycles. The Kier molecular flexibility index (Phi) is 8.00. The van der Waals surface area contributed by atoms with Crippen molar-refractivity contribution in [2.24, 2.45) is 0 Å². The van der Waals surface area contributed by atoms with Gasteiger partial charge in [-0.1, -0.05) is 16.8 Å². The minimum Gasteiger partial charge on any atom is -0.439 e. The predicted octanol–water partition coefficient (Wildman–Crippen LogP) is 6.77. The van der Waals surface area contributed by atoms with Gasteiger partial charge in [0.25, 0.3) is 0 Å². The summed E-state index contributed by atoms with van der Waals surface area (Å²) in [7, 11) is 0. The first kappa shape index (κ1) is 28.9. The van der Waals surface area contributed by atoms with E-state index >= 15 is 0 Å². The van der Waals surface area contributed by atoms with Gasteiger partial charge in [0, 0.05) is 48.7 Å². The molecular formula is C30H35F3N4O4. The van der Waals surface area contributed by atoms with Gasteiger partial charge in [-0.2, -0.15) is 13.2 Å². The average Bonchev–Trinajstić information content (AvgIpc) is 3.42. The van der Waals surface area contributed by atoms with Crippen LogP contribution in [0.5, 0.6) is 0 Å². The van der Waals surface area contributed by atoms with Gasteiger partial charge in [0.15, 0.2) is 0 Å². The minimum atomic E-state index is -4.50. The van der Waals surface area contributed by atoms with Crippen LogP contribution in [0.3, 0.4) is 0 Å².